The van der Waals surface area contributed by atoms with Gasteiger partial charge in [-0.15, -0.1) is 11.3 Å². The fourth-order valence-electron chi connectivity index (χ4n) is 1.57. The molecule has 0 aliphatic rings. The zero-order valence-corrected chi connectivity index (χ0v) is 12.0. The van der Waals surface area contributed by atoms with Gasteiger partial charge in [-0.2, -0.15) is 0 Å². The fourth-order valence-corrected chi connectivity index (χ4v) is 2.42. The molecule has 0 bridgehead atoms. The lowest BCUT2D eigenvalue weighted by molar-refractivity contribution is -0.122. The maximum Gasteiger partial charge on any atom is 0.237 e. The number of carbonyl (C=O) groups is 1. The Morgan fingerprint density at radius 1 is 1.61 bits per heavy atom. The van der Waals surface area contributed by atoms with E-state index in [0.29, 0.717) is 19.6 Å². The molecule has 1 rings (SSSR count). The van der Waals surface area contributed by atoms with Crippen LogP contribution >= 0.6 is 11.3 Å². The average Bonchev–Trinajstić information content (AvgIpc) is 2.87. The summed E-state index contributed by atoms with van der Waals surface area (Å²) in [5.74, 6) is -0.114. The summed E-state index contributed by atoms with van der Waals surface area (Å²) < 4.78 is 4.91. The molecule has 1 aromatic heterocycles. The first kappa shape index (κ1) is 15.1. The van der Waals surface area contributed by atoms with Crippen LogP contribution < -0.4 is 11.1 Å². The first-order valence-electron chi connectivity index (χ1n) is 6.03. The molecule has 1 aromatic rings. The van der Waals surface area contributed by atoms with Crippen LogP contribution in [0.2, 0.25) is 0 Å². The molecule has 1 atom stereocenters. The van der Waals surface area contributed by atoms with E-state index in [1.54, 1.807) is 18.4 Å². The number of rotatable bonds is 7. The number of nitrogens with two attached hydrogens (primary N) is 1. The molecule has 0 aliphatic heterocycles. The Hall–Kier alpha value is -0.910. The fraction of sp³-hybridized carbons (Fsp3) is 0.615. The van der Waals surface area contributed by atoms with Gasteiger partial charge >= 0.3 is 0 Å². The minimum absolute atomic E-state index is 0.0647. The van der Waals surface area contributed by atoms with Gasteiger partial charge in [0.25, 0.3) is 0 Å². The summed E-state index contributed by atoms with van der Waals surface area (Å²) in [6.07, 6.45) is 0.543. The predicted octanol–water partition coefficient (Wildman–Crippen LogP) is 1.51. The third-order valence-corrected chi connectivity index (χ3v) is 4.10. The van der Waals surface area contributed by atoms with E-state index >= 15 is 0 Å². The summed E-state index contributed by atoms with van der Waals surface area (Å²) in [6.45, 7) is 5.31. The van der Waals surface area contributed by atoms with E-state index in [0.717, 1.165) is 0 Å². The quantitative estimate of drug-likeness (QED) is 0.789. The Labute approximate surface area is 113 Å². The van der Waals surface area contributed by atoms with Crippen molar-refractivity contribution >= 4 is 17.2 Å². The Kier molecular flexibility index (Phi) is 5.78. The summed E-state index contributed by atoms with van der Waals surface area (Å²) in [7, 11) is 1.60. The number of methoxy groups -OCH3 is 1. The Balaban J connectivity index is 2.42. The molecule has 3 N–H and O–H groups in total. The van der Waals surface area contributed by atoms with Gasteiger partial charge in [-0.05, 0) is 17.9 Å². The van der Waals surface area contributed by atoms with Gasteiger partial charge in [0, 0.05) is 30.6 Å². The minimum atomic E-state index is -0.496. The minimum Gasteiger partial charge on any atom is -0.385 e. The maximum absolute atomic E-state index is 11.8. The van der Waals surface area contributed by atoms with E-state index in [1.807, 2.05) is 11.4 Å². The van der Waals surface area contributed by atoms with Crippen LogP contribution in [-0.2, 0) is 14.9 Å². The van der Waals surface area contributed by atoms with Crippen molar-refractivity contribution < 1.29 is 9.53 Å². The van der Waals surface area contributed by atoms with Gasteiger partial charge in [-0.1, -0.05) is 19.9 Å². The number of carbonyl (C=O) groups excluding carboxylic acids is 1. The summed E-state index contributed by atoms with van der Waals surface area (Å²) in [6, 6.07) is 3.61. The summed E-state index contributed by atoms with van der Waals surface area (Å²) in [4.78, 5) is 13.0. The highest BCUT2D eigenvalue weighted by Gasteiger charge is 2.23. The largest absolute Gasteiger partial charge is 0.385 e. The third-order valence-electron chi connectivity index (χ3n) is 2.86. The molecule has 1 unspecified atom stereocenters. The maximum atomic E-state index is 11.8. The molecule has 0 radical (unpaired) electrons. The van der Waals surface area contributed by atoms with Crippen molar-refractivity contribution in [1.82, 2.24) is 5.32 Å². The molecule has 0 fully saturated rings. The molecule has 102 valence electrons. The van der Waals surface area contributed by atoms with E-state index in [1.165, 1.54) is 4.88 Å². The summed E-state index contributed by atoms with van der Waals surface area (Å²) in [5.41, 5.74) is 5.70. The first-order chi connectivity index (χ1) is 8.47. The molecular formula is C13H22N2O2S. The van der Waals surface area contributed by atoms with Crippen molar-refractivity contribution in [2.75, 3.05) is 20.3 Å². The molecule has 18 heavy (non-hydrogen) atoms. The number of thiophene rings is 1. The lowest BCUT2D eigenvalue weighted by Gasteiger charge is -2.24. The van der Waals surface area contributed by atoms with Crippen LogP contribution in [0.4, 0.5) is 0 Å². The molecule has 1 heterocycles. The number of ether oxygens (including phenoxy) is 1. The SMILES string of the molecule is COCCC(N)C(=O)NCC(C)(C)c1cccs1. The van der Waals surface area contributed by atoms with Crippen LogP contribution in [0.25, 0.3) is 0 Å². The van der Waals surface area contributed by atoms with Crippen molar-refractivity contribution in [3.8, 4) is 0 Å². The molecule has 0 spiro atoms. The number of amides is 1. The lowest BCUT2D eigenvalue weighted by atomic mass is 9.91. The second-order valence-corrected chi connectivity index (χ2v) is 5.91. The standard InChI is InChI=1S/C13H22N2O2S/c1-13(2,11-5-4-8-18-11)9-15-12(16)10(14)6-7-17-3/h4-5,8,10H,6-7,9,14H2,1-3H3,(H,15,16). The van der Waals surface area contributed by atoms with Crippen LogP contribution in [0.5, 0.6) is 0 Å². The van der Waals surface area contributed by atoms with E-state index in [4.69, 9.17) is 10.5 Å². The topological polar surface area (TPSA) is 64.3 Å². The van der Waals surface area contributed by atoms with Gasteiger partial charge in [0.1, 0.15) is 0 Å². The number of nitrogens with one attached hydrogen (secondary N) is 1. The van der Waals surface area contributed by atoms with Gasteiger partial charge in [0.05, 0.1) is 6.04 Å². The van der Waals surface area contributed by atoms with Gasteiger partial charge < -0.3 is 15.8 Å². The second-order valence-electron chi connectivity index (χ2n) is 4.97. The molecule has 4 nitrogen and oxygen atoms in total. The third kappa shape index (κ3) is 4.40. The normalized spacial score (nSPS) is 13.3. The van der Waals surface area contributed by atoms with E-state index in [9.17, 15) is 4.79 Å². The van der Waals surface area contributed by atoms with Crippen LogP contribution in [0.15, 0.2) is 17.5 Å². The van der Waals surface area contributed by atoms with Gasteiger partial charge in [0.15, 0.2) is 0 Å². The molecule has 0 aromatic carbocycles. The molecule has 0 aliphatic carbocycles. The Morgan fingerprint density at radius 3 is 2.89 bits per heavy atom. The molecule has 0 saturated heterocycles. The molecule has 1 amide bonds. The first-order valence-corrected chi connectivity index (χ1v) is 6.91. The highest BCUT2D eigenvalue weighted by atomic mass is 32.1. The van der Waals surface area contributed by atoms with E-state index in [-0.39, 0.29) is 11.3 Å². The zero-order valence-electron chi connectivity index (χ0n) is 11.2. The highest BCUT2D eigenvalue weighted by molar-refractivity contribution is 7.10. The summed E-state index contributed by atoms with van der Waals surface area (Å²) in [5, 5.41) is 4.95. The van der Waals surface area contributed by atoms with Gasteiger partial charge in [-0.25, -0.2) is 0 Å². The summed E-state index contributed by atoms with van der Waals surface area (Å²) >= 11 is 1.70. The Morgan fingerprint density at radius 2 is 2.33 bits per heavy atom. The van der Waals surface area contributed by atoms with E-state index in [2.05, 4.69) is 25.2 Å². The van der Waals surface area contributed by atoms with Crippen molar-refractivity contribution in [2.45, 2.75) is 31.7 Å². The van der Waals surface area contributed by atoms with Gasteiger partial charge in [0.2, 0.25) is 5.91 Å². The van der Waals surface area contributed by atoms with Crippen molar-refractivity contribution in [2.24, 2.45) is 5.73 Å². The average molecular weight is 270 g/mol. The lowest BCUT2D eigenvalue weighted by Crippen LogP contribution is -2.45. The van der Waals surface area contributed by atoms with Crippen LogP contribution in [-0.4, -0.2) is 32.2 Å². The van der Waals surface area contributed by atoms with Crippen molar-refractivity contribution in [3.05, 3.63) is 22.4 Å². The van der Waals surface area contributed by atoms with Gasteiger partial charge in [-0.3, -0.25) is 4.79 Å². The highest BCUT2D eigenvalue weighted by Crippen LogP contribution is 2.26. The number of hydrogen-bond acceptors (Lipinski definition) is 4. The molecular weight excluding hydrogens is 248 g/mol. The van der Waals surface area contributed by atoms with Crippen molar-refractivity contribution in [3.63, 3.8) is 0 Å². The molecule has 5 heteroatoms. The van der Waals surface area contributed by atoms with Crippen molar-refractivity contribution in [1.29, 1.82) is 0 Å². The smallest absolute Gasteiger partial charge is 0.237 e. The number of hydrogen-bond donors (Lipinski definition) is 2. The zero-order chi connectivity index (χ0) is 13.6. The Bertz CT molecular complexity index is 363. The second kappa shape index (κ2) is 6.87. The van der Waals surface area contributed by atoms with Crippen LogP contribution in [0.3, 0.4) is 0 Å². The predicted molar refractivity (Wildman–Crippen MR) is 74.8 cm³/mol. The monoisotopic (exact) mass is 270 g/mol. The van der Waals surface area contributed by atoms with Crippen LogP contribution in [0, 0.1) is 0 Å². The van der Waals surface area contributed by atoms with E-state index < -0.39 is 6.04 Å². The molecule has 0 saturated carbocycles. The van der Waals surface area contributed by atoms with Crippen LogP contribution in [0.1, 0.15) is 25.1 Å².